The van der Waals surface area contributed by atoms with E-state index in [0.717, 1.165) is 62.1 Å². The van der Waals surface area contributed by atoms with Gasteiger partial charge in [0.05, 0.1) is 39.1 Å². The number of anilines is 3. The molecule has 6 aromatic carbocycles. The Labute approximate surface area is 316 Å². The van der Waals surface area contributed by atoms with Crippen molar-refractivity contribution in [3.63, 3.8) is 0 Å². The van der Waals surface area contributed by atoms with Gasteiger partial charge in [0, 0.05) is 69.8 Å². The van der Waals surface area contributed by atoms with E-state index in [9.17, 15) is 0 Å². The molecular formula is C47H32N8. The molecule has 5 aromatic heterocycles. The first kappa shape index (κ1) is 30.9. The fourth-order valence-electron chi connectivity index (χ4n) is 8.02. The molecule has 0 amide bonds. The summed E-state index contributed by atoms with van der Waals surface area (Å²) >= 11 is 0. The smallest absolute Gasteiger partial charge is 0.142 e. The first-order valence-corrected chi connectivity index (χ1v) is 18.3. The van der Waals surface area contributed by atoms with Gasteiger partial charge in [-0.3, -0.25) is 9.47 Å². The monoisotopic (exact) mass is 708 g/mol. The largest absolute Gasteiger partial charge is 0.309 e. The number of fused-ring (bicyclic) bond motifs is 6. The summed E-state index contributed by atoms with van der Waals surface area (Å²) in [7, 11) is 0. The van der Waals surface area contributed by atoms with E-state index in [1.807, 2.05) is 33.9 Å². The van der Waals surface area contributed by atoms with Gasteiger partial charge in [0.2, 0.25) is 0 Å². The van der Waals surface area contributed by atoms with E-state index in [1.54, 1.807) is 12.4 Å². The lowest BCUT2D eigenvalue weighted by Gasteiger charge is -2.27. The second-order valence-electron chi connectivity index (χ2n) is 13.6. The summed E-state index contributed by atoms with van der Waals surface area (Å²) in [6, 6.07) is 59.6. The number of benzene rings is 6. The summed E-state index contributed by atoms with van der Waals surface area (Å²) in [5, 5.41) is 13.9. The van der Waals surface area contributed by atoms with Gasteiger partial charge in [0.25, 0.3) is 0 Å². The number of aromatic nitrogens is 7. The Balaban J connectivity index is 1.24. The van der Waals surface area contributed by atoms with Gasteiger partial charge < -0.3 is 4.57 Å². The highest BCUT2D eigenvalue weighted by atomic mass is 15.3. The van der Waals surface area contributed by atoms with Gasteiger partial charge in [-0.1, -0.05) is 84.9 Å². The normalized spacial score (nSPS) is 11.6. The zero-order chi connectivity index (χ0) is 36.3. The number of nitrogens with zero attached hydrogens (tertiary/aromatic N) is 8. The predicted molar refractivity (Wildman–Crippen MR) is 222 cm³/mol. The highest BCUT2D eigenvalue weighted by Gasteiger charge is 2.22. The van der Waals surface area contributed by atoms with Crippen molar-refractivity contribution < 1.29 is 0 Å². The van der Waals surface area contributed by atoms with Crippen LogP contribution in [-0.2, 0) is 0 Å². The summed E-state index contributed by atoms with van der Waals surface area (Å²) < 4.78 is 8.43. The van der Waals surface area contributed by atoms with Crippen molar-refractivity contribution in [2.75, 3.05) is 4.90 Å². The first-order chi connectivity index (χ1) is 27.3. The molecule has 0 radical (unpaired) electrons. The van der Waals surface area contributed by atoms with Crippen molar-refractivity contribution in [3.05, 3.63) is 195 Å². The molecule has 11 rings (SSSR count). The third kappa shape index (κ3) is 5.04. The van der Waals surface area contributed by atoms with Crippen LogP contribution in [0.15, 0.2) is 195 Å². The van der Waals surface area contributed by atoms with Crippen molar-refractivity contribution in [2.24, 2.45) is 0 Å². The van der Waals surface area contributed by atoms with Crippen LogP contribution in [0.5, 0.6) is 0 Å². The lowest BCUT2D eigenvalue weighted by atomic mass is 10.2. The van der Waals surface area contributed by atoms with E-state index >= 15 is 0 Å². The SMILES string of the molecule is c1cc(N(c2cccc(-n3cccn3)c2)c2cc(-n3c4ccccc4c4ccccc43)cc(-n3c4ccccc4c4ccccc43)n2)cc(-n2cccn2)c1. The highest BCUT2D eigenvalue weighted by molar-refractivity contribution is 6.10. The lowest BCUT2D eigenvalue weighted by molar-refractivity contribution is 0.878. The summed E-state index contributed by atoms with van der Waals surface area (Å²) in [6.07, 6.45) is 7.52. The molecule has 260 valence electrons. The van der Waals surface area contributed by atoms with Gasteiger partial charge in [0.15, 0.2) is 0 Å². The molecule has 8 nitrogen and oxygen atoms in total. The molecule has 5 heterocycles. The summed E-state index contributed by atoms with van der Waals surface area (Å²) in [6.45, 7) is 0. The van der Waals surface area contributed by atoms with E-state index in [-0.39, 0.29) is 0 Å². The number of para-hydroxylation sites is 4. The molecule has 0 saturated heterocycles. The third-order valence-electron chi connectivity index (χ3n) is 10.4. The van der Waals surface area contributed by atoms with Crippen LogP contribution in [-0.4, -0.2) is 33.7 Å². The van der Waals surface area contributed by atoms with Crippen LogP contribution in [0.1, 0.15) is 0 Å². The van der Waals surface area contributed by atoms with Crippen LogP contribution in [0.4, 0.5) is 17.2 Å². The Bertz CT molecular complexity index is 2850. The topological polar surface area (TPSA) is 61.6 Å². The molecule has 0 bridgehead atoms. The molecule has 0 atom stereocenters. The Morgan fingerprint density at radius 2 is 0.836 bits per heavy atom. The standard InChI is InChI=1S/C47H32N8/c1-5-21-42-38(17-1)39-18-2-6-22-43(39)54(42)37-31-46(50-47(32-37)55-44-23-7-3-19-40(44)41-20-4-8-24-45(41)55)53(35-15-9-13-33(29-35)51-27-11-25-48-51)36-16-10-14-34(30-36)52-28-12-26-49-52/h1-32H. The summed E-state index contributed by atoms with van der Waals surface area (Å²) in [5.41, 5.74) is 9.19. The van der Waals surface area contributed by atoms with E-state index in [2.05, 4.69) is 182 Å². The molecule has 0 aliphatic heterocycles. The Morgan fingerprint density at radius 1 is 0.382 bits per heavy atom. The van der Waals surface area contributed by atoms with Crippen molar-refractivity contribution in [1.29, 1.82) is 0 Å². The maximum atomic E-state index is 5.61. The highest BCUT2D eigenvalue weighted by Crippen LogP contribution is 2.40. The van der Waals surface area contributed by atoms with Crippen LogP contribution in [0.3, 0.4) is 0 Å². The third-order valence-corrected chi connectivity index (χ3v) is 10.4. The first-order valence-electron chi connectivity index (χ1n) is 18.3. The zero-order valence-corrected chi connectivity index (χ0v) is 29.6. The summed E-state index contributed by atoms with van der Waals surface area (Å²) in [4.78, 5) is 7.85. The van der Waals surface area contributed by atoms with Crippen LogP contribution in [0.25, 0.3) is 66.5 Å². The molecular weight excluding hydrogens is 677 g/mol. The second kappa shape index (κ2) is 12.5. The molecule has 0 N–H and O–H groups in total. The van der Waals surface area contributed by atoms with Gasteiger partial charge in [-0.2, -0.15) is 10.2 Å². The fourth-order valence-corrected chi connectivity index (χ4v) is 8.02. The molecule has 11 aromatic rings. The molecule has 0 unspecified atom stereocenters. The van der Waals surface area contributed by atoms with Crippen molar-refractivity contribution in [2.45, 2.75) is 0 Å². The average Bonchev–Trinajstić information content (AvgIpc) is 4.07. The van der Waals surface area contributed by atoms with Crippen LogP contribution in [0.2, 0.25) is 0 Å². The molecule has 8 heteroatoms. The van der Waals surface area contributed by atoms with Gasteiger partial charge in [0.1, 0.15) is 11.6 Å². The molecule has 0 aliphatic rings. The average molecular weight is 709 g/mol. The van der Waals surface area contributed by atoms with E-state index in [1.165, 1.54) is 21.5 Å². The van der Waals surface area contributed by atoms with Gasteiger partial charge in [-0.05, 0) is 72.8 Å². The van der Waals surface area contributed by atoms with Gasteiger partial charge >= 0.3 is 0 Å². The number of hydrogen-bond donors (Lipinski definition) is 0. The van der Waals surface area contributed by atoms with Gasteiger partial charge in [-0.25, -0.2) is 14.3 Å². The summed E-state index contributed by atoms with van der Waals surface area (Å²) in [5.74, 6) is 1.56. The molecule has 55 heavy (non-hydrogen) atoms. The Hall–Kier alpha value is -7.71. The van der Waals surface area contributed by atoms with E-state index in [0.29, 0.717) is 0 Å². The van der Waals surface area contributed by atoms with E-state index < -0.39 is 0 Å². The number of rotatable bonds is 7. The van der Waals surface area contributed by atoms with Crippen molar-refractivity contribution in [3.8, 4) is 22.9 Å². The number of pyridine rings is 1. The Morgan fingerprint density at radius 3 is 1.29 bits per heavy atom. The van der Waals surface area contributed by atoms with Crippen molar-refractivity contribution >= 4 is 60.8 Å². The fraction of sp³-hybridized carbons (Fsp3) is 0. The number of hydrogen-bond acceptors (Lipinski definition) is 4. The van der Waals surface area contributed by atoms with Crippen molar-refractivity contribution in [1.82, 2.24) is 33.7 Å². The second-order valence-corrected chi connectivity index (χ2v) is 13.6. The predicted octanol–water partition coefficient (Wildman–Crippen LogP) is 11.1. The quantitative estimate of drug-likeness (QED) is 0.165. The van der Waals surface area contributed by atoms with Gasteiger partial charge in [-0.15, -0.1) is 0 Å². The van der Waals surface area contributed by atoms with Crippen LogP contribution < -0.4 is 4.90 Å². The molecule has 0 saturated carbocycles. The van der Waals surface area contributed by atoms with Crippen LogP contribution in [0, 0.1) is 0 Å². The van der Waals surface area contributed by atoms with E-state index in [4.69, 9.17) is 4.98 Å². The minimum absolute atomic E-state index is 0.756. The Kier molecular flexibility index (Phi) is 6.99. The zero-order valence-electron chi connectivity index (χ0n) is 29.6. The lowest BCUT2D eigenvalue weighted by Crippen LogP contribution is -2.15. The molecule has 0 aliphatic carbocycles. The maximum Gasteiger partial charge on any atom is 0.142 e. The van der Waals surface area contributed by atoms with Crippen LogP contribution >= 0.6 is 0 Å². The molecule has 0 spiro atoms. The minimum Gasteiger partial charge on any atom is -0.309 e. The maximum absolute atomic E-state index is 5.61. The minimum atomic E-state index is 0.756. The molecule has 0 fully saturated rings.